The van der Waals surface area contributed by atoms with Crippen LogP contribution >= 0.6 is 0 Å². The van der Waals surface area contributed by atoms with Gasteiger partial charge in [0.15, 0.2) is 0 Å². The summed E-state index contributed by atoms with van der Waals surface area (Å²) in [7, 11) is 1.66. The minimum atomic E-state index is 0. The molecule has 0 bridgehead atoms. The third kappa shape index (κ3) is 5.42. The van der Waals surface area contributed by atoms with Gasteiger partial charge in [0, 0.05) is 40.5 Å². The fraction of sp³-hybridized carbons (Fsp3) is 0.220. The molecule has 7 heteroatoms. The van der Waals surface area contributed by atoms with Crippen molar-refractivity contribution in [2.45, 2.75) is 55.4 Å². The Balaban J connectivity index is 0.00000401. The van der Waals surface area contributed by atoms with E-state index >= 15 is 0 Å². The molecular formula is C41H38N4O2Pd. The van der Waals surface area contributed by atoms with E-state index in [1.807, 2.05) is 41.1 Å². The van der Waals surface area contributed by atoms with Crippen LogP contribution in [0.4, 0.5) is 0 Å². The average molecular weight is 725 g/mol. The number of fused-ring (bicyclic) bond motifs is 3. The Kier molecular flexibility index (Phi) is 8.81. The maximum atomic E-state index is 6.49. The molecule has 7 rings (SSSR count). The number of pyridine rings is 1. The molecular weight excluding hydrogens is 687 g/mol. The molecule has 0 aliphatic carbocycles. The standard InChI is InChI=1S/C41H38N4O2.Pd/c1-23-18-31(45-30(8)41(29(7)43-45)40-27(5)25(3)24(2)26(4)28(40)6)20-34(19-23)47-33-14-15-36-35-12-10-11-13-37(35)44(38(36)21-33)39-22-32(46-9)16-17-42-39;/h10-19,22H,1-9H3;/q-2;+2. The van der Waals surface area contributed by atoms with Crippen molar-refractivity contribution in [2.24, 2.45) is 0 Å². The number of aryl methyl sites for hydroxylation is 2. The maximum Gasteiger partial charge on any atom is 2.00 e. The molecule has 0 saturated carbocycles. The summed E-state index contributed by atoms with van der Waals surface area (Å²) in [5.74, 6) is 2.67. The van der Waals surface area contributed by atoms with Crippen LogP contribution < -0.4 is 9.47 Å². The first-order valence-corrected chi connectivity index (χ1v) is 15.9. The molecule has 3 heterocycles. The fourth-order valence-electron chi connectivity index (χ4n) is 6.88. The molecule has 244 valence electrons. The first-order valence-electron chi connectivity index (χ1n) is 15.9. The van der Waals surface area contributed by atoms with Gasteiger partial charge in [0.1, 0.15) is 11.6 Å². The fourth-order valence-corrected chi connectivity index (χ4v) is 6.88. The van der Waals surface area contributed by atoms with Gasteiger partial charge in [-0.2, -0.15) is 16.7 Å². The Hall–Kier alpha value is -4.70. The van der Waals surface area contributed by atoms with E-state index in [4.69, 9.17) is 14.6 Å². The van der Waals surface area contributed by atoms with Crippen LogP contribution in [0.3, 0.4) is 0 Å². The Bertz CT molecular complexity index is 2340. The van der Waals surface area contributed by atoms with Gasteiger partial charge < -0.3 is 14.0 Å². The van der Waals surface area contributed by atoms with Crippen LogP contribution in [0.25, 0.3) is 44.4 Å². The number of methoxy groups -OCH3 is 1. The van der Waals surface area contributed by atoms with Crippen molar-refractivity contribution in [1.82, 2.24) is 19.3 Å². The van der Waals surface area contributed by atoms with Crippen molar-refractivity contribution in [1.29, 1.82) is 0 Å². The normalized spacial score (nSPS) is 11.3. The second kappa shape index (κ2) is 12.7. The molecule has 0 fully saturated rings. The molecule has 3 aromatic heterocycles. The van der Waals surface area contributed by atoms with Crippen LogP contribution in [-0.2, 0) is 20.4 Å². The smallest absolute Gasteiger partial charge is 0.509 e. The van der Waals surface area contributed by atoms with E-state index in [2.05, 4.69) is 101 Å². The first kappa shape index (κ1) is 33.2. The summed E-state index contributed by atoms with van der Waals surface area (Å²) in [4.78, 5) is 4.67. The van der Waals surface area contributed by atoms with Gasteiger partial charge in [-0.15, -0.1) is 35.7 Å². The molecule has 0 radical (unpaired) electrons. The Morgan fingerprint density at radius 3 is 2.12 bits per heavy atom. The zero-order chi connectivity index (χ0) is 33.1. The second-order valence-electron chi connectivity index (χ2n) is 12.5. The molecule has 0 atom stereocenters. The largest absolute Gasteiger partial charge is 2.00 e. The molecule has 7 aromatic rings. The van der Waals surface area contributed by atoms with E-state index in [0.29, 0.717) is 11.5 Å². The predicted octanol–water partition coefficient (Wildman–Crippen LogP) is 9.90. The number of benzene rings is 4. The molecule has 4 aromatic carbocycles. The number of ether oxygens (including phenoxy) is 2. The van der Waals surface area contributed by atoms with Gasteiger partial charge in [0.05, 0.1) is 12.8 Å². The number of hydrogen-bond acceptors (Lipinski definition) is 4. The summed E-state index contributed by atoms with van der Waals surface area (Å²) in [6, 6.07) is 27.2. The molecule has 0 aliphatic heterocycles. The van der Waals surface area contributed by atoms with E-state index in [1.165, 1.54) is 38.9 Å². The van der Waals surface area contributed by atoms with Gasteiger partial charge in [-0.3, -0.25) is 4.68 Å². The Morgan fingerprint density at radius 1 is 0.688 bits per heavy atom. The van der Waals surface area contributed by atoms with E-state index in [-0.39, 0.29) is 20.4 Å². The average Bonchev–Trinajstić information content (AvgIpc) is 3.55. The van der Waals surface area contributed by atoms with Crippen LogP contribution in [0.5, 0.6) is 17.2 Å². The molecule has 0 saturated heterocycles. The molecule has 6 nitrogen and oxygen atoms in total. The number of aromatic nitrogens is 4. The topological polar surface area (TPSA) is 54.1 Å². The number of rotatable bonds is 6. The monoisotopic (exact) mass is 724 g/mol. The number of hydrogen-bond donors (Lipinski definition) is 0. The van der Waals surface area contributed by atoms with Gasteiger partial charge >= 0.3 is 20.4 Å². The summed E-state index contributed by atoms with van der Waals surface area (Å²) in [6.45, 7) is 17.4. The molecule has 0 spiro atoms. The van der Waals surface area contributed by atoms with Crippen LogP contribution in [0, 0.1) is 67.5 Å². The van der Waals surface area contributed by atoms with Crippen molar-refractivity contribution in [3.63, 3.8) is 0 Å². The summed E-state index contributed by atoms with van der Waals surface area (Å²) in [6.07, 6.45) is 1.76. The Labute approximate surface area is 296 Å². The molecule has 0 amide bonds. The van der Waals surface area contributed by atoms with E-state index in [0.717, 1.165) is 56.0 Å². The second-order valence-corrected chi connectivity index (χ2v) is 12.5. The van der Waals surface area contributed by atoms with E-state index in [9.17, 15) is 0 Å². The third-order valence-electron chi connectivity index (χ3n) is 9.70. The zero-order valence-corrected chi connectivity index (χ0v) is 30.3. The van der Waals surface area contributed by atoms with Crippen LogP contribution in [0.1, 0.15) is 44.8 Å². The van der Waals surface area contributed by atoms with Crippen molar-refractivity contribution < 1.29 is 29.9 Å². The predicted molar refractivity (Wildman–Crippen MR) is 190 cm³/mol. The van der Waals surface area contributed by atoms with Crippen LogP contribution in [-0.4, -0.2) is 26.4 Å². The van der Waals surface area contributed by atoms with Gasteiger partial charge in [0.2, 0.25) is 0 Å². The summed E-state index contributed by atoms with van der Waals surface area (Å²) in [5, 5.41) is 7.21. The van der Waals surface area contributed by atoms with E-state index < -0.39 is 0 Å². The minimum Gasteiger partial charge on any atom is -0.509 e. The summed E-state index contributed by atoms with van der Waals surface area (Å²) < 4.78 is 16.1. The zero-order valence-electron chi connectivity index (χ0n) is 28.8. The van der Waals surface area contributed by atoms with Crippen molar-refractivity contribution in [3.8, 4) is 39.9 Å². The van der Waals surface area contributed by atoms with Crippen LogP contribution in [0.2, 0.25) is 0 Å². The van der Waals surface area contributed by atoms with Crippen LogP contribution in [0.15, 0.2) is 66.9 Å². The van der Waals surface area contributed by atoms with Crippen molar-refractivity contribution in [2.75, 3.05) is 7.11 Å². The summed E-state index contributed by atoms with van der Waals surface area (Å²) >= 11 is 0. The third-order valence-corrected chi connectivity index (χ3v) is 9.70. The maximum absolute atomic E-state index is 6.49. The molecule has 0 unspecified atom stereocenters. The first-order chi connectivity index (χ1) is 22.6. The van der Waals surface area contributed by atoms with Gasteiger partial charge in [-0.1, -0.05) is 30.6 Å². The molecule has 0 N–H and O–H groups in total. The Morgan fingerprint density at radius 2 is 1.40 bits per heavy atom. The quantitative estimate of drug-likeness (QED) is 0.127. The summed E-state index contributed by atoms with van der Waals surface area (Å²) in [5.41, 5.74) is 15.0. The van der Waals surface area contributed by atoms with Gasteiger partial charge in [-0.05, 0) is 105 Å². The van der Waals surface area contributed by atoms with Gasteiger partial charge in [-0.25, -0.2) is 4.98 Å². The number of nitrogens with zero attached hydrogens (tertiary/aromatic N) is 4. The van der Waals surface area contributed by atoms with E-state index in [1.54, 1.807) is 13.3 Å². The SMILES string of the molecule is COc1ccnc(-n2c3[c-]c(Oc4[c-]c(-n5nc(C)c(-c6c(C)c(C)c(C)c(C)c6C)c5C)cc(C)c4)ccc3c3ccccc32)c1.[Pd+2]. The van der Waals surface area contributed by atoms with Gasteiger partial charge in [0.25, 0.3) is 0 Å². The molecule has 48 heavy (non-hydrogen) atoms. The van der Waals surface area contributed by atoms with Crippen molar-refractivity contribution >= 4 is 21.8 Å². The van der Waals surface area contributed by atoms with Crippen molar-refractivity contribution in [3.05, 3.63) is 124 Å². The number of para-hydroxylation sites is 1. The minimum absolute atomic E-state index is 0. The molecule has 0 aliphatic rings.